The molecule has 0 aliphatic heterocycles. The summed E-state index contributed by atoms with van der Waals surface area (Å²) in [6.45, 7) is 2.82. The van der Waals surface area contributed by atoms with Crippen molar-refractivity contribution in [1.82, 2.24) is 0 Å². The largest absolute Gasteiger partial charge is 0.494 e. The van der Waals surface area contributed by atoms with Crippen molar-refractivity contribution in [2.45, 2.75) is 19.4 Å². The molecule has 84 valence electrons. The van der Waals surface area contributed by atoms with Crippen molar-refractivity contribution >= 4 is 11.8 Å². The van der Waals surface area contributed by atoms with Crippen molar-refractivity contribution < 1.29 is 9.84 Å². The number of rotatable bonds is 6. The fourth-order valence-corrected chi connectivity index (χ4v) is 1.77. The van der Waals surface area contributed by atoms with Crippen LogP contribution in [0, 0.1) is 0 Å². The molecular formula is C12H18O2S. The van der Waals surface area contributed by atoms with E-state index >= 15 is 0 Å². The summed E-state index contributed by atoms with van der Waals surface area (Å²) in [6, 6.07) is 7.67. The number of benzene rings is 1. The first-order valence-corrected chi connectivity index (χ1v) is 6.57. The average Bonchev–Trinajstić information content (AvgIpc) is 2.27. The maximum atomic E-state index is 9.73. The van der Waals surface area contributed by atoms with Gasteiger partial charge >= 0.3 is 0 Å². The summed E-state index contributed by atoms with van der Waals surface area (Å²) in [4.78, 5) is 0. The second-order valence-electron chi connectivity index (χ2n) is 3.39. The van der Waals surface area contributed by atoms with Crippen molar-refractivity contribution in [2.24, 2.45) is 0 Å². The zero-order valence-electron chi connectivity index (χ0n) is 9.27. The molecule has 0 fully saturated rings. The van der Waals surface area contributed by atoms with E-state index in [9.17, 15) is 5.11 Å². The van der Waals surface area contributed by atoms with Crippen LogP contribution in [-0.2, 0) is 0 Å². The molecule has 1 N–H and O–H groups in total. The second kappa shape index (κ2) is 6.75. The molecule has 0 aromatic heterocycles. The average molecular weight is 226 g/mol. The van der Waals surface area contributed by atoms with Crippen LogP contribution in [-0.4, -0.2) is 23.7 Å². The van der Waals surface area contributed by atoms with Crippen molar-refractivity contribution in [3.05, 3.63) is 29.8 Å². The van der Waals surface area contributed by atoms with Crippen molar-refractivity contribution in [3.63, 3.8) is 0 Å². The molecule has 0 amide bonds. The fourth-order valence-electron chi connectivity index (χ4n) is 1.26. The van der Waals surface area contributed by atoms with E-state index in [0.29, 0.717) is 0 Å². The van der Waals surface area contributed by atoms with Gasteiger partial charge in [0.2, 0.25) is 0 Å². The molecule has 0 saturated carbocycles. The summed E-state index contributed by atoms with van der Waals surface area (Å²) in [7, 11) is 0. The number of hydrogen-bond donors (Lipinski definition) is 1. The highest BCUT2D eigenvalue weighted by atomic mass is 32.2. The van der Waals surface area contributed by atoms with Crippen LogP contribution in [0.5, 0.6) is 5.75 Å². The normalized spacial score (nSPS) is 12.5. The Kier molecular flexibility index (Phi) is 5.58. The maximum absolute atomic E-state index is 9.73. The van der Waals surface area contributed by atoms with Crippen LogP contribution < -0.4 is 4.74 Å². The number of thioether (sulfide) groups is 1. The van der Waals surface area contributed by atoms with E-state index in [-0.39, 0.29) is 6.10 Å². The Labute approximate surface area is 95.7 Å². The molecule has 0 aliphatic carbocycles. The van der Waals surface area contributed by atoms with Gasteiger partial charge in [-0.05, 0) is 30.4 Å². The lowest BCUT2D eigenvalue weighted by Crippen LogP contribution is -2.00. The van der Waals surface area contributed by atoms with Crippen LogP contribution in [0.1, 0.15) is 25.0 Å². The Balaban J connectivity index is 2.55. The molecule has 0 radical (unpaired) electrons. The molecule has 1 aromatic carbocycles. The van der Waals surface area contributed by atoms with Gasteiger partial charge in [-0.2, -0.15) is 11.8 Å². The molecule has 0 aliphatic rings. The first-order valence-electron chi connectivity index (χ1n) is 5.17. The van der Waals surface area contributed by atoms with Gasteiger partial charge in [0, 0.05) is 5.75 Å². The zero-order chi connectivity index (χ0) is 11.1. The van der Waals surface area contributed by atoms with Gasteiger partial charge in [0.25, 0.3) is 0 Å². The molecule has 0 spiro atoms. The van der Waals surface area contributed by atoms with Gasteiger partial charge in [-0.25, -0.2) is 0 Å². The Morgan fingerprint density at radius 2 is 2.00 bits per heavy atom. The predicted octanol–water partition coefficient (Wildman–Crippen LogP) is 2.87. The third-order valence-electron chi connectivity index (χ3n) is 2.06. The molecule has 15 heavy (non-hydrogen) atoms. The smallest absolute Gasteiger partial charge is 0.119 e. The quantitative estimate of drug-likeness (QED) is 0.808. The summed E-state index contributed by atoms with van der Waals surface area (Å²) >= 11 is 1.64. The highest BCUT2D eigenvalue weighted by molar-refractivity contribution is 7.98. The summed E-state index contributed by atoms with van der Waals surface area (Å²) in [6.07, 6.45) is 2.62. The van der Waals surface area contributed by atoms with E-state index in [1.165, 1.54) is 0 Å². The van der Waals surface area contributed by atoms with E-state index in [2.05, 4.69) is 6.92 Å². The molecule has 1 unspecified atom stereocenters. The van der Waals surface area contributed by atoms with Crippen molar-refractivity contribution in [2.75, 3.05) is 18.6 Å². The van der Waals surface area contributed by atoms with Crippen LogP contribution in [0.2, 0.25) is 0 Å². The van der Waals surface area contributed by atoms with Crippen molar-refractivity contribution in [3.8, 4) is 5.75 Å². The van der Waals surface area contributed by atoms with Gasteiger partial charge in [-0.1, -0.05) is 19.1 Å². The molecule has 1 aromatic rings. The van der Waals surface area contributed by atoms with Crippen molar-refractivity contribution in [1.29, 1.82) is 0 Å². The minimum atomic E-state index is -0.375. The SMILES string of the molecule is CCCOc1ccc(C(O)CSC)cc1. The topological polar surface area (TPSA) is 29.5 Å². The minimum absolute atomic E-state index is 0.375. The molecule has 0 heterocycles. The zero-order valence-corrected chi connectivity index (χ0v) is 10.1. The number of ether oxygens (including phenoxy) is 1. The minimum Gasteiger partial charge on any atom is -0.494 e. The second-order valence-corrected chi connectivity index (χ2v) is 4.30. The standard InChI is InChI=1S/C12H18O2S/c1-3-8-14-11-6-4-10(5-7-11)12(13)9-15-2/h4-7,12-13H,3,8-9H2,1-2H3. The van der Waals surface area contributed by atoms with Crippen LogP contribution >= 0.6 is 11.8 Å². The summed E-state index contributed by atoms with van der Waals surface area (Å²) in [5.41, 5.74) is 0.952. The number of hydrogen-bond acceptors (Lipinski definition) is 3. The summed E-state index contributed by atoms with van der Waals surface area (Å²) < 4.78 is 5.46. The van der Waals surface area contributed by atoms with Gasteiger partial charge in [-0.15, -0.1) is 0 Å². The maximum Gasteiger partial charge on any atom is 0.119 e. The molecular weight excluding hydrogens is 208 g/mol. The lowest BCUT2D eigenvalue weighted by atomic mass is 10.1. The van der Waals surface area contributed by atoms with Crippen LogP contribution in [0.15, 0.2) is 24.3 Å². The number of aliphatic hydroxyl groups is 1. The Morgan fingerprint density at radius 3 is 2.53 bits per heavy atom. The monoisotopic (exact) mass is 226 g/mol. The highest BCUT2D eigenvalue weighted by Gasteiger charge is 2.05. The van der Waals surface area contributed by atoms with Gasteiger partial charge < -0.3 is 9.84 Å². The molecule has 3 heteroatoms. The third kappa shape index (κ3) is 4.14. The summed E-state index contributed by atoms with van der Waals surface area (Å²) in [5, 5.41) is 9.73. The first kappa shape index (κ1) is 12.4. The van der Waals surface area contributed by atoms with Crippen LogP contribution in [0.25, 0.3) is 0 Å². The van der Waals surface area contributed by atoms with Crippen LogP contribution in [0.4, 0.5) is 0 Å². The fraction of sp³-hybridized carbons (Fsp3) is 0.500. The molecule has 1 atom stereocenters. The Bertz CT molecular complexity index is 271. The van der Waals surface area contributed by atoms with E-state index < -0.39 is 0 Å². The molecule has 0 saturated heterocycles. The predicted molar refractivity (Wildman–Crippen MR) is 65.6 cm³/mol. The number of aliphatic hydroxyl groups excluding tert-OH is 1. The van der Waals surface area contributed by atoms with Crippen LogP contribution in [0.3, 0.4) is 0 Å². The van der Waals surface area contributed by atoms with E-state index in [0.717, 1.165) is 30.1 Å². The van der Waals surface area contributed by atoms with E-state index in [1.807, 2.05) is 30.5 Å². The van der Waals surface area contributed by atoms with E-state index in [4.69, 9.17) is 4.74 Å². The summed E-state index contributed by atoms with van der Waals surface area (Å²) in [5.74, 6) is 1.60. The van der Waals surface area contributed by atoms with E-state index in [1.54, 1.807) is 11.8 Å². The van der Waals surface area contributed by atoms with Gasteiger partial charge in [0.05, 0.1) is 12.7 Å². The van der Waals surface area contributed by atoms with Gasteiger partial charge in [0.1, 0.15) is 5.75 Å². The Morgan fingerprint density at radius 1 is 1.33 bits per heavy atom. The lowest BCUT2D eigenvalue weighted by molar-refractivity contribution is 0.204. The first-order chi connectivity index (χ1) is 7.27. The third-order valence-corrected chi connectivity index (χ3v) is 2.71. The molecule has 0 bridgehead atoms. The lowest BCUT2D eigenvalue weighted by Gasteiger charge is -2.10. The highest BCUT2D eigenvalue weighted by Crippen LogP contribution is 2.20. The van der Waals surface area contributed by atoms with Gasteiger partial charge in [-0.3, -0.25) is 0 Å². The molecule has 2 nitrogen and oxygen atoms in total. The Hall–Kier alpha value is -0.670. The van der Waals surface area contributed by atoms with Gasteiger partial charge in [0.15, 0.2) is 0 Å². The molecule has 1 rings (SSSR count).